The van der Waals surface area contributed by atoms with Crippen LogP contribution in [0.2, 0.25) is 0 Å². The number of pyridine rings is 1. The van der Waals surface area contributed by atoms with Gasteiger partial charge in [-0.2, -0.15) is 0 Å². The standard InChI is InChI=1S/C30H37F2N3O7S/c1-30(43(3,38)39,29(37)34-42-27-6-4-5-14-41-27)11-13-35-19-26(32)24-17-21(8-10-23(24)28(35)36)22-9-7-20(16-25(22)31)18-33-12-15-40-2/h7-10,16-17,19,27,33H,4-6,11-15,18H2,1-3H3,(H,34,37). The summed E-state index contributed by atoms with van der Waals surface area (Å²) in [5, 5.41) is 3.17. The lowest BCUT2D eigenvalue weighted by Crippen LogP contribution is -2.51. The summed E-state index contributed by atoms with van der Waals surface area (Å²) in [6.07, 6.45) is 3.13. The molecule has 1 aliphatic rings. The number of amides is 1. The number of nitrogens with zero attached hydrogens (tertiary/aromatic N) is 1. The highest BCUT2D eigenvalue weighted by Gasteiger charge is 2.44. The zero-order chi connectivity index (χ0) is 31.2. The van der Waals surface area contributed by atoms with Gasteiger partial charge in [-0.3, -0.25) is 9.59 Å². The lowest BCUT2D eigenvalue weighted by molar-refractivity contribution is -0.201. The van der Waals surface area contributed by atoms with Crippen LogP contribution < -0.4 is 16.4 Å². The van der Waals surface area contributed by atoms with Crippen molar-refractivity contribution in [2.24, 2.45) is 0 Å². The van der Waals surface area contributed by atoms with Crippen molar-refractivity contribution in [2.45, 2.75) is 56.7 Å². The minimum absolute atomic E-state index is 0.00652. The Balaban J connectivity index is 1.53. The van der Waals surface area contributed by atoms with E-state index in [2.05, 4.69) is 10.8 Å². The third-order valence-electron chi connectivity index (χ3n) is 7.74. The molecule has 4 rings (SSSR count). The molecule has 2 aromatic carbocycles. The van der Waals surface area contributed by atoms with Gasteiger partial charge in [-0.15, -0.1) is 0 Å². The van der Waals surface area contributed by atoms with Crippen LogP contribution in [0.15, 0.2) is 47.4 Å². The van der Waals surface area contributed by atoms with Gasteiger partial charge in [0.25, 0.3) is 11.5 Å². The van der Waals surface area contributed by atoms with Crippen LogP contribution in [0.3, 0.4) is 0 Å². The van der Waals surface area contributed by atoms with E-state index in [1.165, 1.54) is 31.2 Å². The number of hydrogen-bond donors (Lipinski definition) is 2. The van der Waals surface area contributed by atoms with Crippen LogP contribution in [0.5, 0.6) is 0 Å². The molecule has 0 bridgehead atoms. The van der Waals surface area contributed by atoms with E-state index in [0.717, 1.165) is 35.4 Å². The Kier molecular flexibility index (Phi) is 10.7. The number of carbonyl (C=O) groups is 1. The number of benzene rings is 2. The highest BCUT2D eigenvalue weighted by Crippen LogP contribution is 2.28. The number of rotatable bonds is 13. The molecular formula is C30H37F2N3O7S. The topological polar surface area (TPSA) is 125 Å². The van der Waals surface area contributed by atoms with Crippen LogP contribution in [0.4, 0.5) is 8.78 Å². The highest BCUT2D eigenvalue weighted by molar-refractivity contribution is 7.92. The van der Waals surface area contributed by atoms with Crippen LogP contribution in [0.1, 0.15) is 38.2 Å². The van der Waals surface area contributed by atoms with Crippen LogP contribution in [0.25, 0.3) is 21.9 Å². The van der Waals surface area contributed by atoms with E-state index >= 15 is 4.39 Å². The molecule has 2 atom stereocenters. The number of methoxy groups -OCH3 is 1. The summed E-state index contributed by atoms with van der Waals surface area (Å²) in [5.74, 6) is -2.16. The molecule has 0 saturated carbocycles. The van der Waals surface area contributed by atoms with Crippen molar-refractivity contribution in [1.29, 1.82) is 0 Å². The number of ether oxygens (including phenoxy) is 2. The zero-order valence-corrected chi connectivity index (χ0v) is 25.3. The van der Waals surface area contributed by atoms with E-state index in [9.17, 15) is 22.4 Å². The van der Waals surface area contributed by atoms with Crippen molar-refractivity contribution in [3.05, 3.63) is 70.1 Å². The van der Waals surface area contributed by atoms with Gasteiger partial charge in [-0.05, 0) is 55.5 Å². The van der Waals surface area contributed by atoms with Crippen LogP contribution in [-0.2, 0) is 42.0 Å². The van der Waals surface area contributed by atoms with Crippen LogP contribution in [0, 0.1) is 11.6 Å². The Morgan fingerprint density at radius 2 is 1.93 bits per heavy atom. The van der Waals surface area contributed by atoms with Crippen molar-refractivity contribution in [2.75, 3.05) is 33.1 Å². The van der Waals surface area contributed by atoms with Gasteiger partial charge < -0.3 is 19.4 Å². The molecule has 0 spiro atoms. The number of halogens is 2. The van der Waals surface area contributed by atoms with E-state index in [1.54, 1.807) is 19.2 Å². The average molecular weight is 622 g/mol. The Labute approximate surface area is 249 Å². The van der Waals surface area contributed by atoms with E-state index in [1.807, 2.05) is 0 Å². The molecule has 234 valence electrons. The Morgan fingerprint density at radius 1 is 1.14 bits per heavy atom. The number of nitrogens with one attached hydrogen (secondary N) is 2. The summed E-state index contributed by atoms with van der Waals surface area (Å²) in [7, 11) is -2.39. The summed E-state index contributed by atoms with van der Waals surface area (Å²) in [6, 6.07) is 9.11. The average Bonchev–Trinajstić information content (AvgIpc) is 2.98. The first-order valence-corrected chi connectivity index (χ1v) is 15.9. The molecular weight excluding hydrogens is 584 g/mol. The predicted octanol–water partition coefficient (Wildman–Crippen LogP) is 3.45. The number of aromatic nitrogens is 1. The number of hydroxylamine groups is 1. The summed E-state index contributed by atoms with van der Waals surface area (Å²) < 4.78 is 65.1. The quantitative estimate of drug-likeness (QED) is 0.220. The molecule has 0 aliphatic carbocycles. The maximum Gasteiger partial charge on any atom is 0.264 e. The summed E-state index contributed by atoms with van der Waals surface area (Å²) >= 11 is 0. The van der Waals surface area contributed by atoms with E-state index < -0.39 is 44.0 Å². The molecule has 10 nitrogen and oxygen atoms in total. The Bertz CT molecular complexity index is 1620. The van der Waals surface area contributed by atoms with Gasteiger partial charge in [0.05, 0.1) is 12.0 Å². The maximum atomic E-state index is 15.3. The monoisotopic (exact) mass is 621 g/mol. The van der Waals surface area contributed by atoms with Crippen molar-refractivity contribution in [3.8, 4) is 11.1 Å². The molecule has 1 aliphatic heterocycles. The summed E-state index contributed by atoms with van der Waals surface area (Å²) in [5.41, 5.74) is 2.99. The van der Waals surface area contributed by atoms with Gasteiger partial charge in [0.1, 0.15) is 11.6 Å². The number of sulfone groups is 1. The fourth-order valence-electron chi connectivity index (χ4n) is 4.82. The molecule has 1 aromatic heterocycles. The second-order valence-electron chi connectivity index (χ2n) is 10.8. The third-order valence-corrected chi connectivity index (χ3v) is 9.77. The van der Waals surface area contributed by atoms with Crippen molar-refractivity contribution < 1.29 is 36.3 Å². The van der Waals surface area contributed by atoms with Gasteiger partial charge >= 0.3 is 0 Å². The SMILES string of the molecule is COCCNCc1ccc(-c2ccc3c(=O)n(CCC(C)(C(=O)NOC4CCCCO4)S(C)(=O)=O)cc(F)c3c2)c(F)c1. The van der Waals surface area contributed by atoms with E-state index in [4.69, 9.17) is 14.3 Å². The number of hydrogen-bond acceptors (Lipinski definition) is 8. The fourth-order valence-corrected chi connectivity index (χ4v) is 5.66. The largest absolute Gasteiger partial charge is 0.383 e. The first-order chi connectivity index (χ1) is 20.4. The molecule has 2 unspecified atom stereocenters. The molecule has 2 N–H and O–H groups in total. The first-order valence-electron chi connectivity index (χ1n) is 14.0. The molecule has 3 aromatic rings. The molecule has 1 fully saturated rings. The molecule has 13 heteroatoms. The van der Waals surface area contributed by atoms with Gasteiger partial charge in [0.2, 0.25) is 0 Å². The van der Waals surface area contributed by atoms with Crippen molar-refractivity contribution in [1.82, 2.24) is 15.4 Å². The molecule has 1 amide bonds. The first kappa shape index (κ1) is 32.7. The Morgan fingerprint density at radius 3 is 2.60 bits per heavy atom. The lowest BCUT2D eigenvalue weighted by atomic mass is 10.00. The number of fused-ring (bicyclic) bond motifs is 1. The minimum Gasteiger partial charge on any atom is -0.383 e. The van der Waals surface area contributed by atoms with E-state index in [-0.39, 0.29) is 29.3 Å². The highest BCUT2D eigenvalue weighted by atomic mass is 32.2. The second kappa shape index (κ2) is 14.0. The summed E-state index contributed by atoms with van der Waals surface area (Å²) in [6.45, 7) is 3.03. The van der Waals surface area contributed by atoms with Gasteiger partial charge in [-0.25, -0.2) is 27.5 Å². The third kappa shape index (κ3) is 7.65. The normalized spacial score (nSPS) is 17.1. The van der Waals surface area contributed by atoms with Crippen LogP contribution >= 0.6 is 0 Å². The summed E-state index contributed by atoms with van der Waals surface area (Å²) in [4.78, 5) is 31.5. The Hall–Kier alpha value is -3.23. The molecule has 0 radical (unpaired) electrons. The number of aryl methyl sites for hydroxylation is 1. The van der Waals surface area contributed by atoms with Crippen LogP contribution in [-0.4, -0.2) is 63.1 Å². The zero-order valence-electron chi connectivity index (χ0n) is 24.5. The minimum atomic E-state index is -3.99. The molecule has 43 heavy (non-hydrogen) atoms. The van der Waals surface area contributed by atoms with Gasteiger partial charge in [-0.1, -0.05) is 18.2 Å². The molecule has 2 heterocycles. The second-order valence-corrected chi connectivity index (χ2v) is 13.3. The fraction of sp³-hybridized carbons (Fsp3) is 0.467. The van der Waals surface area contributed by atoms with Gasteiger partial charge in [0, 0.05) is 63.2 Å². The number of carbonyl (C=O) groups excluding carboxylic acids is 1. The van der Waals surface area contributed by atoms with Crippen molar-refractivity contribution in [3.63, 3.8) is 0 Å². The van der Waals surface area contributed by atoms with Crippen molar-refractivity contribution >= 4 is 26.5 Å². The predicted molar refractivity (Wildman–Crippen MR) is 158 cm³/mol. The smallest absolute Gasteiger partial charge is 0.264 e. The molecule has 1 saturated heterocycles. The van der Waals surface area contributed by atoms with Gasteiger partial charge in [0.15, 0.2) is 20.9 Å². The van der Waals surface area contributed by atoms with E-state index in [0.29, 0.717) is 38.3 Å². The lowest BCUT2D eigenvalue weighted by Gasteiger charge is -2.28. The maximum absolute atomic E-state index is 15.3.